The number of hydrogen-bond acceptors (Lipinski definition) is 5. The Kier molecular flexibility index (Phi) is 7.31. The highest BCUT2D eigenvalue weighted by atomic mass is 31.2. The Labute approximate surface area is 198 Å². The van der Waals surface area contributed by atoms with Crippen LogP contribution in [0.5, 0.6) is 11.5 Å². The zero-order chi connectivity index (χ0) is 23.8. The molecule has 4 rings (SSSR count). The molecule has 4 aromatic rings. The molecule has 0 unspecified atom stereocenters. The summed E-state index contributed by atoms with van der Waals surface area (Å²) in [6.07, 6.45) is 0. The Hall–Kier alpha value is -4.02. The second-order valence-corrected chi connectivity index (χ2v) is 9.14. The molecule has 172 valence electrons. The number of anilines is 1. The number of methoxy groups -OCH3 is 1. The maximum Gasteiger partial charge on any atom is 0.544 e. The van der Waals surface area contributed by atoms with Crippen molar-refractivity contribution in [1.82, 2.24) is 0 Å². The first-order chi connectivity index (χ1) is 16.6. The van der Waals surface area contributed by atoms with Gasteiger partial charge in [-0.1, -0.05) is 66.7 Å². The lowest BCUT2D eigenvalue weighted by molar-refractivity contribution is 0.0600. The van der Waals surface area contributed by atoms with Crippen molar-refractivity contribution in [3.05, 3.63) is 126 Å². The lowest BCUT2D eigenvalue weighted by Crippen LogP contribution is -2.25. The maximum atomic E-state index is 14.5. The van der Waals surface area contributed by atoms with E-state index in [4.69, 9.17) is 13.8 Å². The van der Waals surface area contributed by atoms with Gasteiger partial charge in [-0.15, -0.1) is 0 Å². The van der Waals surface area contributed by atoms with Crippen LogP contribution in [0.15, 0.2) is 115 Å². The van der Waals surface area contributed by atoms with Crippen LogP contribution in [0.2, 0.25) is 0 Å². The number of ether oxygens (including phenoxy) is 1. The average molecular weight is 473 g/mol. The SMILES string of the molecule is COC(=O)c1ccc(CN(c2ccccc2)P(=O)(Oc2ccccc2)Oc2ccccc2)cc1. The van der Waals surface area contributed by atoms with Crippen molar-refractivity contribution in [1.29, 1.82) is 0 Å². The lowest BCUT2D eigenvalue weighted by atomic mass is 10.1. The first-order valence-corrected chi connectivity index (χ1v) is 12.2. The zero-order valence-electron chi connectivity index (χ0n) is 18.6. The molecular formula is C27H24NO5P. The van der Waals surface area contributed by atoms with Crippen molar-refractivity contribution in [3.8, 4) is 11.5 Å². The number of nitrogens with zero attached hydrogens (tertiary/aromatic N) is 1. The van der Waals surface area contributed by atoms with Crippen molar-refractivity contribution < 1.29 is 23.1 Å². The lowest BCUT2D eigenvalue weighted by Gasteiger charge is -2.32. The molecule has 0 saturated carbocycles. The molecule has 0 amide bonds. The molecule has 0 saturated heterocycles. The van der Waals surface area contributed by atoms with E-state index in [-0.39, 0.29) is 6.54 Å². The predicted octanol–water partition coefficient (Wildman–Crippen LogP) is 6.75. The van der Waals surface area contributed by atoms with Gasteiger partial charge in [0.1, 0.15) is 11.5 Å². The van der Waals surface area contributed by atoms with Gasteiger partial charge in [-0.3, -0.25) is 4.67 Å². The highest BCUT2D eigenvalue weighted by Gasteiger charge is 2.38. The van der Waals surface area contributed by atoms with Gasteiger partial charge in [0.2, 0.25) is 0 Å². The summed E-state index contributed by atoms with van der Waals surface area (Å²) in [5.74, 6) is 0.421. The molecule has 0 spiro atoms. The van der Waals surface area contributed by atoms with Crippen LogP contribution in [0.4, 0.5) is 5.69 Å². The van der Waals surface area contributed by atoms with Crippen molar-refractivity contribution >= 4 is 19.4 Å². The van der Waals surface area contributed by atoms with Crippen molar-refractivity contribution in [2.24, 2.45) is 0 Å². The summed E-state index contributed by atoms with van der Waals surface area (Å²) in [6, 6.07) is 34.1. The summed E-state index contributed by atoms with van der Waals surface area (Å²) >= 11 is 0. The Morgan fingerprint density at radius 3 is 1.65 bits per heavy atom. The third-order valence-electron chi connectivity index (χ3n) is 4.99. The van der Waals surface area contributed by atoms with E-state index in [0.29, 0.717) is 22.7 Å². The van der Waals surface area contributed by atoms with E-state index >= 15 is 0 Å². The smallest absolute Gasteiger partial charge is 0.465 e. The van der Waals surface area contributed by atoms with Gasteiger partial charge in [-0.05, 0) is 54.1 Å². The monoisotopic (exact) mass is 473 g/mol. The second-order valence-electron chi connectivity index (χ2n) is 7.36. The van der Waals surface area contributed by atoms with Gasteiger partial charge < -0.3 is 13.8 Å². The number of carbonyl (C=O) groups is 1. The second kappa shape index (κ2) is 10.7. The van der Waals surface area contributed by atoms with Gasteiger partial charge in [0, 0.05) is 5.69 Å². The molecule has 6 nitrogen and oxygen atoms in total. The first kappa shape index (κ1) is 23.1. The molecule has 4 aromatic carbocycles. The van der Waals surface area contributed by atoms with Crippen LogP contribution in [-0.4, -0.2) is 13.1 Å². The molecule has 34 heavy (non-hydrogen) atoms. The fourth-order valence-electron chi connectivity index (χ4n) is 3.30. The summed E-state index contributed by atoms with van der Waals surface area (Å²) in [4.78, 5) is 11.8. The molecule has 0 aliphatic heterocycles. The fourth-order valence-corrected chi connectivity index (χ4v) is 5.07. The molecule has 0 atom stereocenters. The highest BCUT2D eigenvalue weighted by molar-refractivity contribution is 7.56. The summed E-state index contributed by atoms with van der Waals surface area (Å²) in [7, 11) is -2.62. The molecule has 0 bridgehead atoms. The van der Waals surface area contributed by atoms with E-state index in [0.717, 1.165) is 5.56 Å². The van der Waals surface area contributed by atoms with Crippen LogP contribution in [0, 0.1) is 0 Å². The Balaban J connectivity index is 1.75. The van der Waals surface area contributed by atoms with Crippen LogP contribution < -0.4 is 13.7 Å². The van der Waals surface area contributed by atoms with E-state index in [1.54, 1.807) is 77.5 Å². The number of esters is 1. The van der Waals surface area contributed by atoms with Crippen LogP contribution in [-0.2, 0) is 15.8 Å². The molecule has 7 heteroatoms. The Morgan fingerprint density at radius 2 is 1.18 bits per heavy atom. The standard InChI is InChI=1S/C27H24NO5P/c1-31-27(29)23-19-17-22(18-20-23)21-28(24-11-5-2-6-12-24)34(30,32-25-13-7-3-8-14-25)33-26-15-9-4-10-16-26/h2-20H,21H2,1H3. The summed E-state index contributed by atoms with van der Waals surface area (Å²) < 4.78 is 33.0. The van der Waals surface area contributed by atoms with Crippen LogP contribution in [0.3, 0.4) is 0 Å². The molecule has 0 N–H and O–H groups in total. The normalized spacial score (nSPS) is 10.9. The zero-order valence-corrected chi connectivity index (χ0v) is 19.5. The van der Waals surface area contributed by atoms with E-state index in [1.165, 1.54) is 7.11 Å². The van der Waals surface area contributed by atoms with Gasteiger partial charge in [0.15, 0.2) is 0 Å². The Bertz CT molecular complexity index is 1200. The molecule has 0 heterocycles. The van der Waals surface area contributed by atoms with E-state index in [2.05, 4.69) is 0 Å². The molecule has 0 aliphatic rings. The summed E-state index contributed by atoms with van der Waals surface area (Å²) in [6.45, 7) is 0.211. The minimum atomic E-state index is -3.96. The average Bonchev–Trinajstić information content (AvgIpc) is 2.88. The largest absolute Gasteiger partial charge is 0.544 e. The van der Waals surface area contributed by atoms with Crippen molar-refractivity contribution in [3.63, 3.8) is 0 Å². The number of carbonyl (C=O) groups excluding carboxylic acids is 1. The number of rotatable bonds is 9. The van der Waals surface area contributed by atoms with Gasteiger partial charge in [-0.2, -0.15) is 0 Å². The third kappa shape index (κ3) is 5.66. The van der Waals surface area contributed by atoms with Gasteiger partial charge in [0.25, 0.3) is 0 Å². The van der Waals surface area contributed by atoms with Gasteiger partial charge >= 0.3 is 13.7 Å². The minimum Gasteiger partial charge on any atom is -0.465 e. The van der Waals surface area contributed by atoms with E-state index < -0.39 is 13.7 Å². The van der Waals surface area contributed by atoms with Gasteiger partial charge in [0.05, 0.1) is 19.2 Å². The Morgan fingerprint density at radius 1 is 0.706 bits per heavy atom. The van der Waals surface area contributed by atoms with Crippen LogP contribution in [0.25, 0.3) is 0 Å². The highest BCUT2D eigenvalue weighted by Crippen LogP contribution is 2.54. The first-order valence-electron chi connectivity index (χ1n) is 10.7. The van der Waals surface area contributed by atoms with Crippen LogP contribution >= 0.6 is 7.75 Å². The predicted molar refractivity (Wildman–Crippen MR) is 132 cm³/mol. The maximum absolute atomic E-state index is 14.5. The minimum absolute atomic E-state index is 0.211. The third-order valence-corrected chi connectivity index (χ3v) is 6.83. The fraction of sp³-hybridized carbons (Fsp3) is 0.0741. The van der Waals surface area contributed by atoms with Crippen molar-refractivity contribution in [2.45, 2.75) is 6.54 Å². The summed E-state index contributed by atoms with van der Waals surface area (Å²) in [5.41, 5.74) is 1.90. The number of benzene rings is 4. The molecule has 0 aromatic heterocycles. The molecule has 0 fully saturated rings. The number of para-hydroxylation sites is 3. The van der Waals surface area contributed by atoms with Gasteiger partial charge in [-0.25, -0.2) is 9.36 Å². The molecular weight excluding hydrogens is 449 g/mol. The summed E-state index contributed by atoms with van der Waals surface area (Å²) in [5, 5.41) is 0. The quantitative estimate of drug-likeness (QED) is 0.198. The topological polar surface area (TPSA) is 65.1 Å². The molecule has 0 aliphatic carbocycles. The molecule has 0 radical (unpaired) electrons. The number of hydrogen-bond donors (Lipinski definition) is 0. The van der Waals surface area contributed by atoms with E-state index in [1.807, 2.05) is 42.5 Å². The van der Waals surface area contributed by atoms with Crippen LogP contribution in [0.1, 0.15) is 15.9 Å². The van der Waals surface area contributed by atoms with Crippen molar-refractivity contribution in [2.75, 3.05) is 11.8 Å². The van der Waals surface area contributed by atoms with E-state index in [9.17, 15) is 9.36 Å².